The molecular formula is C18H27IN4S2. The molecule has 0 aliphatic rings. The fourth-order valence-corrected chi connectivity index (χ4v) is 3.81. The van der Waals surface area contributed by atoms with Crippen molar-refractivity contribution in [1.29, 1.82) is 0 Å². The standard InChI is InChI=1S/C18H26N4S2.HI/c1-4-19-18(21-13-17-22-14(2)15(3)24-17)20-11-8-12-23-16-9-6-5-7-10-16;/h5-7,9-10H,4,8,11-13H2,1-3H3,(H2,19,20,21);1H. The number of benzene rings is 1. The van der Waals surface area contributed by atoms with E-state index in [1.807, 2.05) is 18.7 Å². The lowest BCUT2D eigenvalue weighted by Crippen LogP contribution is -2.37. The minimum atomic E-state index is 0. The monoisotopic (exact) mass is 490 g/mol. The number of aliphatic imine (C=N–C) groups is 1. The molecule has 2 N–H and O–H groups in total. The molecule has 2 aromatic rings. The zero-order valence-corrected chi connectivity index (χ0v) is 19.0. The summed E-state index contributed by atoms with van der Waals surface area (Å²) in [4.78, 5) is 11.8. The highest BCUT2D eigenvalue weighted by Crippen LogP contribution is 2.18. The summed E-state index contributed by atoms with van der Waals surface area (Å²) in [6.45, 7) is 8.65. The molecular weight excluding hydrogens is 463 g/mol. The molecule has 0 aliphatic carbocycles. The molecule has 0 saturated carbocycles. The predicted octanol–water partition coefficient (Wildman–Crippen LogP) is 4.62. The molecule has 25 heavy (non-hydrogen) atoms. The van der Waals surface area contributed by atoms with Gasteiger partial charge in [0.2, 0.25) is 0 Å². The van der Waals surface area contributed by atoms with Gasteiger partial charge in [-0.05, 0) is 45.1 Å². The fraction of sp³-hybridized carbons (Fsp3) is 0.444. The van der Waals surface area contributed by atoms with Gasteiger partial charge in [-0.25, -0.2) is 9.98 Å². The molecule has 0 atom stereocenters. The van der Waals surface area contributed by atoms with E-state index in [1.165, 1.54) is 9.77 Å². The van der Waals surface area contributed by atoms with Crippen LogP contribution in [-0.4, -0.2) is 29.8 Å². The Labute approximate surface area is 176 Å². The van der Waals surface area contributed by atoms with E-state index in [4.69, 9.17) is 0 Å². The van der Waals surface area contributed by atoms with Crippen LogP contribution >= 0.6 is 47.1 Å². The zero-order valence-electron chi connectivity index (χ0n) is 15.0. The molecule has 0 fully saturated rings. The topological polar surface area (TPSA) is 49.3 Å². The maximum atomic E-state index is 4.63. The lowest BCUT2D eigenvalue weighted by atomic mass is 10.4. The Morgan fingerprint density at radius 1 is 1.20 bits per heavy atom. The van der Waals surface area contributed by atoms with E-state index in [1.54, 1.807) is 11.3 Å². The van der Waals surface area contributed by atoms with Crippen LogP contribution in [0.1, 0.15) is 28.9 Å². The first-order valence-corrected chi connectivity index (χ1v) is 10.1. The minimum absolute atomic E-state index is 0. The van der Waals surface area contributed by atoms with Crippen molar-refractivity contribution >= 4 is 53.0 Å². The summed E-state index contributed by atoms with van der Waals surface area (Å²) >= 11 is 3.62. The van der Waals surface area contributed by atoms with Crippen molar-refractivity contribution in [2.75, 3.05) is 18.8 Å². The van der Waals surface area contributed by atoms with Crippen LogP contribution in [0.4, 0.5) is 0 Å². The van der Waals surface area contributed by atoms with Crippen molar-refractivity contribution in [2.24, 2.45) is 4.99 Å². The van der Waals surface area contributed by atoms with Crippen LogP contribution in [0.25, 0.3) is 0 Å². The largest absolute Gasteiger partial charge is 0.357 e. The number of hydrogen-bond acceptors (Lipinski definition) is 4. The van der Waals surface area contributed by atoms with Crippen molar-refractivity contribution in [3.8, 4) is 0 Å². The molecule has 0 spiro atoms. The van der Waals surface area contributed by atoms with Gasteiger partial charge in [-0.1, -0.05) is 18.2 Å². The third kappa shape index (κ3) is 8.42. The summed E-state index contributed by atoms with van der Waals surface area (Å²) in [5.41, 5.74) is 1.11. The van der Waals surface area contributed by atoms with E-state index in [9.17, 15) is 0 Å². The predicted molar refractivity (Wildman–Crippen MR) is 122 cm³/mol. The van der Waals surface area contributed by atoms with Gasteiger partial charge >= 0.3 is 0 Å². The number of aromatic nitrogens is 1. The Morgan fingerprint density at radius 2 is 1.96 bits per heavy atom. The van der Waals surface area contributed by atoms with Crippen LogP contribution in [0.2, 0.25) is 0 Å². The Balaban J connectivity index is 0.00000312. The van der Waals surface area contributed by atoms with Crippen LogP contribution in [0, 0.1) is 13.8 Å². The van der Waals surface area contributed by atoms with Gasteiger partial charge in [-0.2, -0.15) is 0 Å². The van der Waals surface area contributed by atoms with Gasteiger partial charge in [-0.15, -0.1) is 47.1 Å². The van der Waals surface area contributed by atoms with Gasteiger partial charge in [0.1, 0.15) is 5.01 Å². The van der Waals surface area contributed by atoms with Crippen LogP contribution in [-0.2, 0) is 6.54 Å². The van der Waals surface area contributed by atoms with Crippen molar-refractivity contribution in [3.63, 3.8) is 0 Å². The van der Waals surface area contributed by atoms with Crippen LogP contribution in [0.3, 0.4) is 0 Å². The smallest absolute Gasteiger partial charge is 0.191 e. The first-order chi connectivity index (χ1) is 11.7. The zero-order chi connectivity index (χ0) is 17.2. The number of nitrogens with zero attached hydrogens (tertiary/aromatic N) is 2. The van der Waals surface area contributed by atoms with Crippen LogP contribution < -0.4 is 10.6 Å². The van der Waals surface area contributed by atoms with Gasteiger partial charge in [0.25, 0.3) is 0 Å². The molecule has 7 heteroatoms. The maximum absolute atomic E-state index is 4.63. The highest BCUT2D eigenvalue weighted by molar-refractivity contribution is 14.0. The number of nitrogens with one attached hydrogen (secondary N) is 2. The van der Waals surface area contributed by atoms with Crippen molar-refractivity contribution in [1.82, 2.24) is 15.6 Å². The molecule has 1 aromatic carbocycles. The second-order valence-electron chi connectivity index (χ2n) is 5.39. The normalized spacial score (nSPS) is 11.1. The molecule has 4 nitrogen and oxygen atoms in total. The average molecular weight is 490 g/mol. The quantitative estimate of drug-likeness (QED) is 0.187. The Kier molecular flexibility index (Phi) is 11.2. The molecule has 0 amide bonds. The highest BCUT2D eigenvalue weighted by Gasteiger charge is 2.03. The van der Waals surface area contributed by atoms with Gasteiger partial charge in [0.15, 0.2) is 5.96 Å². The second kappa shape index (κ2) is 12.5. The third-order valence-corrected chi connectivity index (χ3v) is 5.57. The number of thiazole rings is 1. The van der Waals surface area contributed by atoms with E-state index < -0.39 is 0 Å². The number of hydrogen-bond donors (Lipinski definition) is 2. The van der Waals surface area contributed by atoms with Gasteiger partial charge in [0, 0.05) is 22.9 Å². The number of rotatable bonds is 8. The lowest BCUT2D eigenvalue weighted by molar-refractivity contribution is 0.789. The molecule has 1 heterocycles. The Morgan fingerprint density at radius 3 is 2.60 bits per heavy atom. The van der Waals surface area contributed by atoms with Gasteiger partial charge in [0.05, 0.1) is 12.2 Å². The van der Waals surface area contributed by atoms with E-state index in [0.717, 1.165) is 41.9 Å². The third-order valence-electron chi connectivity index (χ3n) is 3.41. The van der Waals surface area contributed by atoms with E-state index in [0.29, 0.717) is 6.54 Å². The molecule has 0 radical (unpaired) electrons. The molecule has 0 saturated heterocycles. The van der Waals surface area contributed by atoms with Crippen LogP contribution in [0.5, 0.6) is 0 Å². The van der Waals surface area contributed by atoms with E-state index in [-0.39, 0.29) is 24.0 Å². The van der Waals surface area contributed by atoms with Crippen molar-refractivity contribution < 1.29 is 0 Å². The number of thioether (sulfide) groups is 1. The van der Waals surface area contributed by atoms with Crippen molar-refractivity contribution in [2.45, 2.75) is 38.6 Å². The summed E-state index contributed by atoms with van der Waals surface area (Å²) in [5, 5.41) is 7.76. The van der Waals surface area contributed by atoms with Crippen LogP contribution in [0.15, 0.2) is 40.2 Å². The maximum Gasteiger partial charge on any atom is 0.191 e. The summed E-state index contributed by atoms with van der Waals surface area (Å²) in [6, 6.07) is 10.5. The molecule has 2 rings (SSSR count). The molecule has 138 valence electrons. The number of aryl methyl sites for hydroxylation is 2. The van der Waals surface area contributed by atoms with E-state index >= 15 is 0 Å². The SMILES string of the molecule is CCNC(=NCc1nc(C)c(C)s1)NCCCSc1ccccc1.I. The minimum Gasteiger partial charge on any atom is -0.357 e. The Hall–Kier alpha value is -0.800. The summed E-state index contributed by atoms with van der Waals surface area (Å²) < 4.78 is 0. The summed E-state index contributed by atoms with van der Waals surface area (Å²) in [5.74, 6) is 1.97. The number of halogens is 1. The highest BCUT2D eigenvalue weighted by atomic mass is 127. The first-order valence-electron chi connectivity index (χ1n) is 8.32. The molecule has 0 aliphatic heterocycles. The fourth-order valence-electron chi connectivity index (χ4n) is 2.08. The molecule has 0 bridgehead atoms. The molecule has 0 unspecified atom stereocenters. The van der Waals surface area contributed by atoms with Gasteiger partial charge < -0.3 is 10.6 Å². The van der Waals surface area contributed by atoms with Gasteiger partial charge in [-0.3, -0.25) is 0 Å². The average Bonchev–Trinajstić information content (AvgIpc) is 2.91. The van der Waals surface area contributed by atoms with E-state index in [2.05, 4.69) is 64.8 Å². The second-order valence-corrected chi connectivity index (χ2v) is 7.84. The first kappa shape index (κ1) is 22.2. The number of guanidine groups is 1. The lowest BCUT2D eigenvalue weighted by Gasteiger charge is -2.10. The molecule has 1 aromatic heterocycles. The Bertz CT molecular complexity index is 624. The summed E-state index contributed by atoms with van der Waals surface area (Å²) in [6.07, 6.45) is 1.10. The summed E-state index contributed by atoms with van der Waals surface area (Å²) in [7, 11) is 0. The van der Waals surface area contributed by atoms with Crippen molar-refractivity contribution in [3.05, 3.63) is 45.9 Å².